The molecule has 1 aliphatic heterocycles. The van der Waals surface area contributed by atoms with Crippen molar-refractivity contribution in [3.05, 3.63) is 173 Å². The van der Waals surface area contributed by atoms with Gasteiger partial charge < -0.3 is 14.2 Å². The largest absolute Gasteiger partial charge is 0.497 e. The number of ether oxygens (including phenoxy) is 3. The van der Waals surface area contributed by atoms with E-state index in [1.165, 1.54) is 28.8 Å². The quantitative estimate of drug-likeness (QED) is 0.0745. The molecule has 52 heavy (non-hydrogen) atoms. The van der Waals surface area contributed by atoms with Crippen LogP contribution in [-0.4, -0.2) is 35.1 Å². The topological polar surface area (TPSA) is 139 Å². The van der Waals surface area contributed by atoms with Gasteiger partial charge in [0, 0.05) is 23.3 Å². The summed E-state index contributed by atoms with van der Waals surface area (Å²) < 4.78 is 18.6. The Kier molecular flexibility index (Phi) is 9.29. The summed E-state index contributed by atoms with van der Waals surface area (Å²) in [6.07, 6.45) is 1.66. The van der Waals surface area contributed by atoms with Gasteiger partial charge in [0.25, 0.3) is 11.2 Å². The van der Waals surface area contributed by atoms with Crippen LogP contribution in [0.3, 0.4) is 0 Å². The Morgan fingerprint density at radius 3 is 2.31 bits per heavy atom. The molecular weight excluding hydrogens is 683 g/mol. The average molecular weight is 712 g/mol. The number of nitro groups is 1. The van der Waals surface area contributed by atoms with Crippen molar-refractivity contribution in [2.45, 2.75) is 13.0 Å². The number of fused-ring (bicyclic) bond motifs is 2. The number of non-ortho nitro benzene ring substituents is 1. The zero-order valence-electron chi connectivity index (χ0n) is 27.8. The molecule has 1 atom stereocenters. The Morgan fingerprint density at radius 2 is 1.62 bits per heavy atom. The van der Waals surface area contributed by atoms with Crippen molar-refractivity contribution >= 4 is 51.5 Å². The van der Waals surface area contributed by atoms with Gasteiger partial charge in [-0.25, -0.2) is 14.6 Å². The van der Waals surface area contributed by atoms with Crippen molar-refractivity contribution in [2.24, 2.45) is 4.99 Å². The van der Waals surface area contributed by atoms with E-state index < -0.39 is 28.5 Å². The van der Waals surface area contributed by atoms with E-state index in [4.69, 9.17) is 19.2 Å². The normalized spacial score (nSPS) is 14.0. The fraction of sp³-hybridized carbons (Fsp3) is 0.100. The lowest BCUT2D eigenvalue weighted by Gasteiger charge is -2.26. The maximum absolute atomic E-state index is 14.6. The third kappa shape index (κ3) is 6.38. The van der Waals surface area contributed by atoms with Crippen molar-refractivity contribution in [1.82, 2.24) is 4.57 Å². The molecule has 0 bridgehead atoms. The van der Waals surface area contributed by atoms with E-state index in [-0.39, 0.29) is 33.7 Å². The molecule has 7 rings (SSSR count). The third-order valence-corrected chi connectivity index (χ3v) is 9.51. The molecule has 11 nitrogen and oxygen atoms in total. The van der Waals surface area contributed by atoms with Crippen molar-refractivity contribution in [3.63, 3.8) is 0 Å². The second-order valence-corrected chi connectivity index (χ2v) is 12.6. The van der Waals surface area contributed by atoms with Crippen molar-refractivity contribution < 1.29 is 28.7 Å². The fourth-order valence-electron chi connectivity index (χ4n) is 6.06. The maximum atomic E-state index is 14.6. The van der Waals surface area contributed by atoms with Crippen LogP contribution in [0.15, 0.2) is 131 Å². The van der Waals surface area contributed by atoms with Gasteiger partial charge in [0.1, 0.15) is 11.5 Å². The van der Waals surface area contributed by atoms with Crippen LogP contribution in [0, 0.1) is 10.1 Å². The summed E-state index contributed by atoms with van der Waals surface area (Å²) in [7, 11) is 1.56. The molecule has 0 fully saturated rings. The van der Waals surface area contributed by atoms with Crippen LogP contribution >= 0.6 is 11.3 Å². The molecule has 6 aromatic rings. The Hall–Kier alpha value is -6.66. The lowest BCUT2D eigenvalue weighted by Crippen LogP contribution is -2.40. The second kappa shape index (κ2) is 14.3. The first kappa shape index (κ1) is 33.8. The van der Waals surface area contributed by atoms with Gasteiger partial charge in [-0.3, -0.25) is 19.5 Å². The van der Waals surface area contributed by atoms with E-state index in [0.717, 1.165) is 16.7 Å². The predicted molar refractivity (Wildman–Crippen MR) is 196 cm³/mol. The fourth-order valence-corrected chi connectivity index (χ4v) is 7.05. The Balaban J connectivity index is 1.44. The highest BCUT2D eigenvalue weighted by molar-refractivity contribution is 7.07. The molecule has 0 spiro atoms. The summed E-state index contributed by atoms with van der Waals surface area (Å²) >= 11 is 1.14. The predicted octanol–water partition coefficient (Wildman–Crippen LogP) is 6.22. The molecule has 0 saturated carbocycles. The van der Waals surface area contributed by atoms with E-state index in [9.17, 15) is 24.5 Å². The summed E-state index contributed by atoms with van der Waals surface area (Å²) in [5.74, 6) is -0.549. The van der Waals surface area contributed by atoms with Crippen LogP contribution in [0.1, 0.15) is 40.0 Å². The molecule has 12 heteroatoms. The zero-order valence-corrected chi connectivity index (χ0v) is 28.7. The number of thiazole rings is 1. The molecule has 2 heterocycles. The molecule has 1 aromatic heterocycles. The Bertz CT molecular complexity index is 2580. The number of methoxy groups -OCH3 is 1. The third-order valence-electron chi connectivity index (χ3n) is 8.53. The van der Waals surface area contributed by atoms with E-state index in [1.807, 2.05) is 54.6 Å². The number of carbonyl (C=O) groups is 2. The van der Waals surface area contributed by atoms with Gasteiger partial charge in [-0.15, -0.1) is 0 Å². The van der Waals surface area contributed by atoms with Crippen LogP contribution in [0.25, 0.3) is 22.5 Å². The molecule has 0 saturated heterocycles. The van der Waals surface area contributed by atoms with Gasteiger partial charge >= 0.3 is 11.9 Å². The Morgan fingerprint density at radius 1 is 0.904 bits per heavy atom. The SMILES string of the molecule is CCOC(=O)C1=C(c2ccccc2)N=c2s/c(=C\c3c(OC(=O)c4ccc([N+](=O)[O-])cc4)ccc4ccccc34)c(=O)n2[C@H]1c1ccc(OC)cc1. The van der Waals surface area contributed by atoms with Gasteiger partial charge in [0.05, 0.1) is 46.0 Å². The molecule has 0 unspecified atom stereocenters. The molecular formula is C40H29N3O8S. The summed E-state index contributed by atoms with van der Waals surface area (Å²) in [5.41, 5.74) is 1.91. The van der Waals surface area contributed by atoms with Crippen LogP contribution in [0.2, 0.25) is 0 Å². The van der Waals surface area contributed by atoms with Crippen LogP contribution < -0.4 is 24.4 Å². The van der Waals surface area contributed by atoms with Crippen LogP contribution in [-0.2, 0) is 9.53 Å². The number of benzene rings is 5. The summed E-state index contributed by atoms with van der Waals surface area (Å²) in [6, 6.07) is 31.5. The summed E-state index contributed by atoms with van der Waals surface area (Å²) in [4.78, 5) is 57.5. The number of aromatic nitrogens is 1. The lowest BCUT2D eigenvalue weighted by molar-refractivity contribution is -0.384. The highest BCUT2D eigenvalue weighted by Gasteiger charge is 2.35. The van der Waals surface area contributed by atoms with Crippen molar-refractivity contribution in [3.8, 4) is 11.5 Å². The van der Waals surface area contributed by atoms with Gasteiger partial charge in [-0.1, -0.05) is 84.1 Å². The standard InChI is InChI=1S/C40H29N3O8S/c1-3-50-39(46)34-35(25-10-5-4-6-11-25)41-40-42(36(34)26-15-20-29(49-2)21-16-26)37(44)33(52-40)23-31-30-12-8-7-9-24(30)17-22-32(31)51-38(45)27-13-18-28(19-14-27)43(47)48/h4-23,36H,3H2,1-2H3/b33-23-/t36-/m0/s1. The van der Waals surface area contributed by atoms with Crippen molar-refractivity contribution in [2.75, 3.05) is 13.7 Å². The van der Waals surface area contributed by atoms with E-state index in [0.29, 0.717) is 38.3 Å². The number of rotatable bonds is 9. The van der Waals surface area contributed by atoms with E-state index in [1.54, 1.807) is 56.5 Å². The number of hydrogen-bond donors (Lipinski definition) is 0. The lowest BCUT2D eigenvalue weighted by atomic mass is 9.93. The first-order valence-corrected chi connectivity index (χ1v) is 17.0. The molecule has 1 aliphatic rings. The van der Waals surface area contributed by atoms with E-state index in [2.05, 4.69) is 0 Å². The minimum atomic E-state index is -0.898. The highest BCUT2D eigenvalue weighted by atomic mass is 32.1. The smallest absolute Gasteiger partial charge is 0.343 e. The number of carbonyl (C=O) groups excluding carboxylic acids is 2. The monoisotopic (exact) mass is 711 g/mol. The molecule has 0 N–H and O–H groups in total. The Labute approximate surface area is 300 Å². The first-order valence-electron chi connectivity index (χ1n) is 16.2. The minimum absolute atomic E-state index is 0.114. The minimum Gasteiger partial charge on any atom is -0.497 e. The molecule has 0 amide bonds. The zero-order chi connectivity index (χ0) is 36.4. The van der Waals surface area contributed by atoms with Gasteiger partial charge in [-0.2, -0.15) is 0 Å². The van der Waals surface area contributed by atoms with E-state index >= 15 is 0 Å². The number of hydrogen-bond acceptors (Lipinski definition) is 10. The highest BCUT2D eigenvalue weighted by Crippen LogP contribution is 2.36. The average Bonchev–Trinajstić information content (AvgIpc) is 3.49. The maximum Gasteiger partial charge on any atom is 0.343 e. The summed E-state index contributed by atoms with van der Waals surface area (Å²) in [5, 5.41) is 12.7. The number of nitrogens with zero attached hydrogens (tertiary/aromatic N) is 3. The molecule has 5 aromatic carbocycles. The summed E-state index contributed by atoms with van der Waals surface area (Å²) in [6.45, 7) is 1.83. The van der Waals surface area contributed by atoms with Crippen LogP contribution in [0.5, 0.6) is 11.5 Å². The molecule has 0 aliphatic carbocycles. The number of esters is 2. The second-order valence-electron chi connectivity index (χ2n) is 11.6. The number of nitro benzene ring substituents is 1. The molecule has 258 valence electrons. The molecule has 0 radical (unpaired) electrons. The van der Waals surface area contributed by atoms with Crippen molar-refractivity contribution in [1.29, 1.82) is 0 Å². The van der Waals surface area contributed by atoms with Gasteiger partial charge in [0.15, 0.2) is 4.80 Å². The van der Waals surface area contributed by atoms with Crippen LogP contribution in [0.4, 0.5) is 5.69 Å². The first-order chi connectivity index (χ1) is 25.3. The van der Waals surface area contributed by atoms with Gasteiger partial charge in [0.2, 0.25) is 0 Å². The van der Waals surface area contributed by atoms with Gasteiger partial charge in [-0.05, 0) is 59.7 Å².